The molecule has 0 saturated carbocycles. The van der Waals surface area contributed by atoms with E-state index in [1.165, 1.54) is 5.69 Å². The predicted octanol–water partition coefficient (Wildman–Crippen LogP) is 2.37. The zero-order valence-electron chi connectivity index (χ0n) is 10.5. The van der Waals surface area contributed by atoms with Crippen LogP contribution in [-0.4, -0.2) is 21.5 Å². The predicted molar refractivity (Wildman–Crippen MR) is 71.3 cm³/mol. The molecular weight excluding hydrogens is 244 g/mol. The van der Waals surface area contributed by atoms with Crippen molar-refractivity contribution < 1.29 is 4.92 Å². The number of imidazole rings is 1. The number of nitrogens with one attached hydrogen (secondary N) is 1. The number of rotatable bonds is 3. The molecule has 2 aromatic rings. The molecule has 1 aromatic heterocycles. The third-order valence-electron chi connectivity index (χ3n) is 3.63. The second kappa shape index (κ2) is 4.38. The van der Waals surface area contributed by atoms with Crippen molar-refractivity contribution in [2.75, 3.05) is 12.4 Å². The summed E-state index contributed by atoms with van der Waals surface area (Å²) in [5, 5.41) is 13.8. The summed E-state index contributed by atoms with van der Waals surface area (Å²) in [5.41, 5.74) is 2.95. The Kier molecular flexibility index (Phi) is 2.70. The van der Waals surface area contributed by atoms with Gasteiger partial charge in [0, 0.05) is 25.0 Å². The first-order chi connectivity index (χ1) is 9.20. The highest BCUT2D eigenvalue weighted by Crippen LogP contribution is 2.35. The van der Waals surface area contributed by atoms with Gasteiger partial charge in [0.2, 0.25) is 0 Å². The number of nitro benzene ring substituents is 1. The van der Waals surface area contributed by atoms with Crippen molar-refractivity contribution in [3.63, 3.8) is 0 Å². The fraction of sp³-hybridized carbons (Fsp3) is 0.308. The number of anilines is 1. The molecule has 98 valence electrons. The molecule has 1 aliphatic heterocycles. The lowest BCUT2D eigenvalue weighted by atomic mass is 10.0. The quantitative estimate of drug-likeness (QED) is 0.677. The number of nitrogens with zero attached hydrogens (tertiary/aromatic N) is 3. The van der Waals surface area contributed by atoms with E-state index in [0.29, 0.717) is 5.69 Å². The van der Waals surface area contributed by atoms with Gasteiger partial charge >= 0.3 is 0 Å². The number of benzene rings is 1. The SMILES string of the molecule is CNc1cc(C2CCc3cncn32)ccc1[N+](=O)[O-]. The van der Waals surface area contributed by atoms with E-state index in [1.807, 2.05) is 24.7 Å². The molecule has 0 bridgehead atoms. The summed E-state index contributed by atoms with van der Waals surface area (Å²) in [5.74, 6) is 0. The molecule has 1 unspecified atom stereocenters. The number of aromatic nitrogens is 2. The van der Waals surface area contributed by atoms with Gasteiger partial charge in [0.1, 0.15) is 5.69 Å². The van der Waals surface area contributed by atoms with Gasteiger partial charge < -0.3 is 9.88 Å². The van der Waals surface area contributed by atoms with Gasteiger partial charge in [-0.05, 0) is 30.5 Å². The maximum Gasteiger partial charge on any atom is 0.292 e. The molecule has 6 nitrogen and oxygen atoms in total. The number of hydrogen-bond acceptors (Lipinski definition) is 4. The monoisotopic (exact) mass is 258 g/mol. The van der Waals surface area contributed by atoms with Crippen LogP contribution in [0, 0.1) is 10.1 Å². The third-order valence-corrected chi connectivity index (χ3v) is 3.63. The van der Waals surface area contributed by atoms with Crippen molar-refractivity contribution in [3.8, 4) is 0 Å². The van der Waals surface area contributed by atoms with Gasteiger partial charge in [0.25, 0.3) is 5.69 Å². The Bertz CT molecular complexity index is 635. The number of aryl methyl sites for hydroxylation is 1. The molecule has 2 heterocycles. The van der Waals surface area contributed by atoms with Gasteiger partial charge in [-0.25, -0.2) is 4.98 Å². The number of fused-ring (bicyclic) bond motifs is 1. The van der Waals surface area contributed by atoms with Crippen LogP contribution in [0.1, 0.15) is 23.7 Å². The molecular formula is C13H14N4O2. The van der Waals surface area contributed by atoms with Gasteiger partial charge in [0.15, 0.2) is 0 Å². The second-order valence-corrected chi connectivity index (χ2v) is 4.63. The summed E-state index contributed by atoms with van der Waals surface area (Å²) in [6.07, 6.45) is 5.72. The van der Waals surface area contributed by atoms with Crippen molar-refractivity contribution in [1.82, 2.24) is 9.55 Å². The van der Waals surface area contributed by atoms with E-state index in [9.17, 15) is 10.1 Å². The van der Waals surface area contributed by atoms with Crippen LogP contribution in [0.15, 0.2) is 30.7 Å². The van der Waals surface area contributed by atoms with Crippen LogP contribution >= 0.6 is 0 Å². The van der Waals surface area contributed by atoms with Gasteiger partial charge in [-0.2, -0.15) is 0 Å². The standard InChI is InChI=1S/C13H14N4O2/c1-14-11-6-9(2-4-13(11)17(18)19)12-5-3-10-7-15-8-16(10)12/h2,4,6-8,12,14H,3,5H2,1H3. The molecule has 0 aliphatic carbocycles. The summed E-state index contributed by atoms with van der Waals surface area (Å²) in [6, 6.07) is 5.48. The zero-order chi connectivity index (χ0) is 13.4. The number of hydrogen-bond donors (Lipinski definition) is 1. The van der Waals surface area contributed by atoms with E-state index in [1.54, 1.807) is 13.1 Å². The average molecular weight is 258 g/mol. The molecule has 19 heavy (non-hydrogen) atoms. The van der Waals surface area contributed by atoms with Crippen LogP contribution in [0.5, 0.6) is 0 Å². The van der Waals surface area contributed by atoms with Crippen LogP contribution in [-0.2, 0) is 6.42 Å². The lowest BCUT2D eigenvalue weighted by molar-refractivity contribution is -0.384. The highest BCUT2D eigenvalue weighted by atomic mass is 16.6. The van der Waals surface area contributed by atoms with E-state index in [2.05, 4.69) is 14.9 Å². The topological polar surface area (TPSA) is 73.0 Å². The van der Waals surface area contributed by atoms with E-state index in [0.717, 1.165) is 18.4 Å². The molecule has 1 aromatic carbocycles. The largest absolute Gasteiger partial charge is 0.383 e. The molecule has 3 rings (SSSR count). The third kappa shape index (κ3) is 1.85. The van der Waals surface area contributed by atoms with Crippen molar-refractivity contribution >= 4 is 11.4 Å². The maximum absolute atomic E-state index is 10.9. The molecule has 1 aliphatic rings. The molecule has 0 fully saturated rings. The highest BCUT2D eigenvalue weighted by Gasteiger charge is 2.24. The van der Waals surface area contributed by atoms with Crippen molar-refractivity contribution in [2.45, 2.75) is 18.9 Å². The van der Waals surface area contributed by atoms with Gasteiger partial charge in [-0.3, -0.25) is 10.1 Å². The second-order valence-electron chi connectivity index (χ2n) is 4.63. The van der Waals surface area contributed by atoms with Crippen LogP contribution in [0.2, 0.25) is 0 Å². The molecule has 6 heteroatoms. The summed E-state index contributed by atoms with van der Waals surface area (Å²) < 4.78 is 2.14. The molecule has 0 radical (unpaired) electrons. The Balaban J connectivity index is 2.01. The Morgan fingerprint density at radius 1 is 1.53 bits per heavy atom. The lowest BCUT2D eigenvalue weighted by Gasteiger charge is -2.14. The first-order valence-electron chi connectivity index (χ1n) is 6.17. The molecule has 0 amide bonds. The van der Waals surface area contributed by atoms with Crippen LogP contribution in [0.3, 0.4) is 0 Å². The Morgan fingerprint density at radius 3 is 3.11 bits per heavy atom. The first kappa shape index (κ1) is 11.7. The Hall–Kier alpha value is -2.37. The van der Waals surface area contributed by atoms with E-state index in [-0.39, 0.29) is 16.7 Å². The molecule has 1 atom stereocenters. The van der Waals surface area contributed by atoms with Gasteiger partial charge in [0.05, 0.1) is 17.3 Å². The normalized spacial score (nSPS) is 17.2. The fourth-order valence-electron chi connectivity index (χ4n) is 2.68. The maximum atomic E-state index is 10.9. The number of nitro groups is 1. The average Bonchev–Trinajstić information content (AvgIpc) is 3.00. The van der Waals surface area contributed by atoms with Crippen molar-refractivity contribution in [3.05, 3.63) is 52.1 Å². The summed E-state index contributed by atoms with van der Waals surface area (Å²) >= 11 is 0. The van der Waals surface area contributed by atoms with Crippen LogP contribution < -0.4 is 5.32 Å². The minimum absolute atomic E-state index is 0.107. The Labute approximate surface area is 110 Å². The van der Waals surface area contributed by atoms with Crippen LogP contribution in [0.4, 0.5) is 11.4 Å². The first-order valence-corrected chi connectivity index (χ1v) is 6.17. The minimum atomic E-state index is -0.368. The van der Waals surface area contributed by atoms with Crippen LogP contribution in [0.25, 0.3) is 0 Å². The Morgan fingerprint density at radius 2 is 2.37 bits per heavy atom. The highest BCUT2D eigenvalue weighted by molar-refractivity contribution is 5.62. The van der Waals surface area contributed by atoms with Crippen molar-refractivity contribution in [2.24, 2.45) is 0 Å². The zero-order valence-corrected chi connectivity index (χ0v) is 10.5. The molecule has 0 spiro atoms. The minimum Gasteiger partial charge on any atom is -0.383 e. The van der Waals surface area contributed by atoms with Gasteiger partial charge in [-0.1, -0.05) is 0 Å². The van der Waals surface area contributed by atoms with E-state index in [4.69, 9.17) is 0 Å². The smallest absolute Gasteiger partial charge is 0.292 e. The molecule has 1 N–H and O–H groups in total. The lowest BCUT2D eigenvalue weighted by Crippen LogP contribution is -2.06. The van der Waals surface area contributed by atoms with E-state index < -0.39 is 0 Å². The van der Waals surface area contributed by atoms with Crippen molar-refractivity contribution in [1.29, 1.82) is 0 Å². The van der Waals surface area contributed by atoms with Gasteiger partial charge in [-0.15, -0.1) is 0 Å². The van der Waals surface area contributed by atoms with E-state index >= 15 is 0 Å². The summed E-state index contributed by atoms with van der Waals surface area (Å²) in [7, 11) is 1.70. The summed E-state index contributed by atoms with van der Waals surface area (Å²) in [4.78, 5) is 14.7. The summed E-state index contributed by atoms with van der Waals surface area (Å²) in [6.45, 7) is 0. The fourth-order valence-corrected chi connectivity index (χ4v) is 2.68. The molecule has 0 saturated heterocycles.